The molecule has 0 aliphatic carbocycles. The molecular weight excluding hydrogens is 235 g/mol. The third-order valence-electron chi connectivity index (χ3n) is 2.55. The number of pyridine rings is 1. The van der Waals surface area contributed by atoms with Crippen molar-refractivity contribution in [2.75, 3.05) is 13.1 Å². The van der Waals surface area contributed by atoms with Crippen molar-refractivity contribution in [3.8, 4) is 0 Å². The molecule has 4 nitrogen and oxygen atoms in total. The largest absolute Gasteiger partial charge is 0.417 e. The molecule has 0 spiro atoms. The number of nitrogens with zero attached hydrogens (tertiary/aromatic N) is 2. The van der Waals surface area contributed by atoms with Gasteiger partial charge in [-0.05, 0) is 6.07 Å². The summed E-state index contributed by atoms with van der Waals surface area (Å²) in [5, 5.41) is 0. The van der Waals surface area contributed by atoms with Crippen molar-refractivity contribution in [3.05, 3.63) is 29.6 Å². The predicted molar refractivity (Wildman–Crippen MR) is 53.1 cm³/mol. The predicted octanol–water partition coefficient (Wildman–Crippen LogP) is 0.883. The van der Waals surface area contributed by atoms with Gasteiger partial charge in [0.25, 0.3) is 5.91 Å². The summed E-state index contributed by atoms with van der Waals surface area (Å²) < 4.78 is 37.9. The molecule has 7 heteroatoms. The first-order valence-corrected chi connectivity index (χ1v) is 4.95. The minimum atomic E-state index is -4.55. The Labute approximate surface area is 95.2 Å². The quantitative estimate of drug-likeness (QED) is 0.799. The highest BCUT2D eigenvalue weighted by molar-refractivity contribution is 5.96. The zero-order valence-electron chi connectivity index (χ0n) is 8.74. The average Bonchev–Trinajstić information content (AvgIpc) is 2.23. The first-order valence-electron chi connectivity index (χ1n) is 4.95. The number of carbonyl (C=O) groups is 1. The summed E-state index contributed by atoms with van der Waals surface area (Å²) in [7, 11) is 0. The lowest BCUT2D eigenvalue weighted by atomic mass is 10.0. The molecule has 1 aromatic heterocycles. The van der Waals surface area contributed by atoms with Crippen LogP contribution in [0.4, 0.5) is 13.2 Å². The number of likely N-dealkylation sites (tertiary alicyclic amines) is 1. The van der Waals surface area contributed by atoms with Gasteiger partial charge in [-0.3, -0.25) is 9.78 Å². The molecule has 0 atom stereocenters. The summed E-state index contributed by atoms with van der Waals surface area (Å²) in [4.78, 5) is 16.6. The van der Waals surface area contributed by atoms with Crippen LogP contribution in [0.15, 0.2) is 18.5 Å². The number of aromatic nitrogens is 1. The third kappa shape index (κ3) is 2.23. The van der Waals surface area contributed by atoms with Gasteiger partial charge >= 0.3 is 6.18 Å². The monoisotopic (exact) mass is 245 g/mol. The van der Waals surface area contributed by atoms with Crippen LogP contribution >= 0.6 is 0 Å². The zero-order valence-corrected chi connectivity index (χ0v) is 8.74. The Morgan fingerprint density at radius 3 is 2.65 bits per heavy atom. The lowest BCUT2D eigenvalue weighted by Crippen LogP contribution is -2.58. The van der Waals surface area contributed by atoms with Crippen molar-refractivity contribution >= 4 is 5.91 Å². The van der Waals surface area contributed by atoms with Gasteiger partial charge in [-0.1, -0.05) is 0 Å². The molecule has 1 aromatic rings. The Hall–Kier alpha value is -1.63. The second kappa shape index (κ2) is 3.99. The number of amides is 1. The Kier molecular flexibility index (Phi) is 2.78. The first kappa shape index (κ1) is 11.8. The first-order chi connectivity index (χ1) is 7.89. The lowest BCUT2D eigenvalue weighted by Gasteiger charge is -2.37. The molecule has 1 aliphatic heterocycles. The van der Waals surface area contributed by atoms with E-state index in [1.54, 1.807) is 0 Å². The number of nitrogens with two attached hydrogens (primary N) is 1. The van der Waals surface area contributed by atoms with E-state index in [4.69, 9.17) is 5.73 Å². The fourth-order valence-corrected chi connectivity index (χ4v) is 1.66. The van der Waals surface area contributed by atoms with Gasteiger partial charge < -0.3 is 10.6 Å². The zero-order chi connectivity index (χ0) is 12.6. The van der Waals surface area contributed by atoms with E-state index >= 15 is 0 Å². The Morgan fingerprint density at radius 2 is 2.12 bits per heavy atom. The maximum absolute atomic E-state index is 12.6. The molecule has 0 radical (unpaired) electrons. The number of hydrogen-bond acceptors (Lipinski definition) is 3. The number of carbonyl (C=O) groups excluding carboxylic acids is 1. The molecule has 1 saturated heterocycles. The lowest BCUT2D eigenvalue weighted by molar-refractivity contribution is -0.138. The number of hydrogen-bond donors (Lipinski definition) is 1. The molecule has 2 rings (SSSR count). The van der Waals surface area contributed by atoms with Crippen LogP contribution in [0.3, 0.4) is 0 Å². The van der Waals surface area contributed by atoms with E-state index in [-0.39, 0.29) is 19.1 Å². The van der Waals surface area contributed by atoms with Crippen molar-refractivity contribution in [2.45, 2.75) is 12.2 Å². The molecule has 0 aromatic carbocycles. The van der Waals surface area contributed by atoms with Crippen molar-refractivity contribution in [3.63, 3.8) is 0 Å². The highest BCUT2D eigenvalue weighted by Gasteiger charge is 2.38. The molecule has 0 bridgehead atoms. The molecule has 1 amide bonds. The van der Waals surface area contributed by atoms with Gasteiger partial charge in [-0.25, -0.2) is 0 Å². The summed E-state index contributed by atoms with van der Waals surface area (Å²) >= 11 is 0. The second-order valence-corrected chi connectivity index (χ2v) is 3.89. The van der Waals surface area contributed by atoms with Gasteiger partial charge in [0, 0.05) is 31.5 Å². The fraction of sp³-hybridized carbons (Fsp3) is 0.400. The van der Waals surface area contributed by atoms with E-state index in [0.717, 1.165) is 18.5 Å². The molecule has 17 heavy (non-hydrogen) atoms. The van der Waals surface area contributed by atoms with Crippen LogP contribution in [0.5, 0.6) is 0 Å². The second-order valence-electron chi connectivity index (χ2n) is 3.89. The maximum Gasteiger partial charge on any atom is 0.417 e. The Balaban J connectivity index is 2.29. The van der Waals surface area contributed by atoms with Crippen molar-refractivity contribution in [1.82, 2.24) is 9.88 Å². The fourth-order valence-electron chi connectivity index (χ4n) is 1.66. The molecule has 2 N–H and O–H groups in total. The van der Waals surface area contributed by atoms with E-state index in [1.165, 1.54) is 4.90 Å². The summed E-state index contributed by atoms with van der Waals surface area (Å²) in [5.74, 6) is -0.674. The van der Waals surface area contributed by atoms with Crippen LogP contribution < -0.4 is 5.73 Å². The minimum absolute atomic E-state index is 0.148. The molecule has 0 saturated carbocycles. The molecule has 92 valence electrons. The van der Waals surface area contributed by atoms with Crippen molar-refractivity contribution in [1.29, 1.82) is 0 Å². The number of rotatable bonds is 1. The molecule has 0 unspecified atom stereocenters. The number of halogens is 3. The van der Waals surface area contributed by atoms with E-state index in [1.807, 2.05) is 0 Å². The van der Waals surface area contributed by atoms with Gasteiger partial charge in [0.15, 0.2) is 0 Å². The minimum Gasteiger partial charge on any atom is -0.335 e. The van der Waals surface area contributed by atoms with Crippen LogP contribution in [0.1, 0.15) is 15.9 Å². The molecule has 2 heterocycles. The highest BCUT2D eigenvalue weighted by atomic mass is 19.4. The Morgan fingerprint density at radius 1 is 1.47 bits per heavy atom. The van der Waals surface area contributed by atoms with Gasteiger partial charge in [-0.15, -0.1) is 0 Å². The summed E-state index contributed by atoms with van der Waals surface area (Å²) in [6.07, 6.45) is -2.60. The summed E-state index contributed by atoms with van der Waals surface area (Å²) in [6, 6.07) is 0.650. The molecular formula is C10H10F3N3O. The third-order valence-corrected chi connectivity index (χ3v) is 2.55. The maximum atomic E-state index is 12.6. The summed E-state index contributed by atoms with van der Waals surface area (Å²) in [6.45, 7) is 0.566. The van der Waals surface area contributed by atoms with Crippen molar-refractivity contribution in [2.24, 2.45) is 5.73 Å². The topological polar surface area (TPSA) is 59.2 Å². The van der Waals surface area contributed by atoms with Gasteiger partial charge in [0.1, 0.15) is 0 Å². The van der Waals surface area contributed by atoms with Crippen LogP contribution in [0.2, 0.25) is 0 Å². The molecule has 1 aliphatic rings. The average molecular weight is 245 g/mol. The normalized spacial score (nSPS) is 16.8. The van der Waals surface area contributed by atoms with Crippen LogP contribution in [-0.4, -0.2) is 34.9 Å². The number of alkyl halides is 3. The van der Waals surface area contributed by atoms with Gasteiger partial charge in [-0.2, -0.15) is 13.2 Å². The van der Waals surface area contributed by atoms with Crippen LogP contribution in [-0.2, 0) is 6.18 Å². The van der Waals surface area contributed by atoms with Crippen LogP contribution in [0.25, 0.3) is 0 Å². The van der Waals surface area contributed by atoms with E-state index in [2.05, 4.69) is 4.98 Å². The van der Waals surface area contributed by atoms with E-state index < -0.39 is 23.2 Å². The van der Waals surface area contributed by atoms with E-state index in [9.17, 15) is 18.0 Å². The SMILES string of the molecule is NC1CN(C(=O)c2cnccc2C(F)(F)F)C1. The Bertz CT molecular complexity index is 441. The standard InChI is InChI=1S/C10H10F3N3O/c11-10(12,13)8-1-2-15-3-7(8)9(17)16-4-6(14)5-16/h1-3,6H,4-5,14H2. The van der Waals surface area contributed by atoms with Gasteiger partial charge in [0.05, 0.1) is 11.1 Å². The van der Waals surface area contributed by atoms with E-state index in [0.29, 0.717) is 0 Å². The van der Waals surface area contributed by atoms with Gasteiger partial charge in [0.2, 0.25) is 0 Å². The van der Waals surface area contributed by atoms with Crippen LogP contribution in [0, 0.1) is 0 Å². The summed E-state index contributed by atoms with van der Waals surface area (Å²) in [5.41, 5.74) is 4.09. The smallest absolute Gasteiger partial charge is 0.335 e. The highest BCUT2D eigenvalue weighted by Crippen LogP contribution is 2.32. The van der Waals surface area contributed by atoms with Crippen molar-refractivity contribution < 1.29 is 18.0 Å². The molecule has 1 fully saturated rings.